The lowest BCUT2D eigenvalue weighted by atomic mass is 9.77. The van der Waals surface area contributed by atoms with Crippen LogP contribution in [0.25, 0.3) is 0 Å². The zero-order valence-electron chi connectivity index (χ0n) is 20.4. The highest BCUT2D eigenvalue weighted by Gasteiger charge is 2.74. The third-order valence-electron chi connectivity index (χ3n) is 7.43. The summed E-state index contributed by atoms with van der Waals surface area (Å²) in [6.45, 7) is 1.87. The zero-order valence-corrected chi connectivity index (χ0v) is 21.9. The van der Waals surface area contributed by atoms with Crippen LogP contribution in [-0.2, 0) is 19.1 Å². The molecule has 2 saturated heterocycles. The van der Waals surface area contributed by atoms with Crippen LogP contribution in [0, 0.1) is 11.8 Å². The number of anilines is 1. The number of esters is 1. The van der Waals surface area contributed by atoms with Gasteiger partial charge in [0, 0.05) is 11.1 Å². The Kier molecular flexibility index (Phi) is 5.95. The first kappa shape index (κ1) is 25.4. The maximum atomic E-state index is 14.0. The monoisotopic (exact) mass is 563 g/mol. The third kappa shape index (κ3) is 3.52. The Bertz CT molecular complexity index is 1560. The Hall–Kier alpha value is -3.85. The van der Waals surface area contributed by atoms with E-state index in [1.54, 1.807) is 25.1 Å². The highest BCUT2D eigenvalue weighted by molar-refractivity contribution is 6.42. The molecule has 2 heterocycles. The van der Waals surface area contributed by atoms with Crippen molar-refractivity contribution < 1.29 is 33.4 Å². The lowest BCUT2D eigenvalue weighted by Gasteiger charge is -2.27. The Morgan fingerprint density at radius 2 is 1.54 bits per heavy atom. The average Bonchev–Trinajstić information content (AvgIpc) is 3.50. The molecule has 39 heavy (non-hydrogen) atoms. The average molecular weight is 564 g/mol. The van der Waals surface area contributed by atoms with Gasteiger partial charge in [-0.25, -0.2) is 9.69 Å². The number of amides is 2. The summed E-state index contributed by atoms with van der Waals surface area (Å²) in [5, 5.41) is 0.452. The summed E-state index contributed by atoms with van der Waals surface area (Å²) in [4.78, 5) is 68.6. The smallest absolute Gasteiger partial charge is 0.338 e. The fourth-order valence-electron chi connectivity index (χ4n) is 5.72. The van der Waals surface area contributed by atoms with Crippen molar-refractivity contribution in [1.29, 1.82) is 0 Å². The Morgan fingerprint density at radius 3 is 2.13 bits per heavy atom. The number of carbonyl (C=O) groups is 5. The molecule has 2 fully saturated rings. The summed E-state index contributed by atoms with van der Waals surface area (Å²) in [5.41, 5.74) is -1.12. The maximum absolute atomic E-state index is 14.0. The quantitative estimate of drug-likeness (QED) is 0.253. The number of hydrogen-bond donors (Lipinski definition) is 0. The van der Waals surface area contributed by atoms with Crippen molar-refractivity contribution in [3.63, 3.8) is 0 Å². The maximum Gasteiger partial charge on any atom is 0.338 e. The van der Waals surface area contributed by atoms with E-state index in [4.69, 9.17) is 32.7 Å². The number of fused-ring (bicyclic) bond motifs is 3. The van der Waals surface area contributed by atoms with Gasteiger partial charge in [-0.15, -0.1) is 0 Å². The summed E-state index contributed by atoms with van der Waals surface area (Å²) in [6, 6.07) is 16.6. The molecular weight excluding hydrogens is 545 g/mol. The van der Waals surface area contributed by atoms with Gasteiger partial charge in [0.05, 0.1) is 45.8 Å². The molecule has 3 aromatic rings. The van der Waals surface area contributed by atoms with Crippen molar-refractivity contribution >= 4 is 58.2 Å². The van der Waals surface area contributed by atoms with Gasteiger partial charge in [-0.2, -0.15) is 0 Å². The minimum Gasteiger partial charge on any atom is -0.462 e. The molecule has 1 aliphatic carbocycles. The number of ketones is 2. The van der Waals surface area contributed by atoms with E-state index in [1.807, 2.05) is 0 Å². The second-order valence-electron chi connectivity index (χ2n) is 9.43. The first-order valence-corrected chi connectivity index (χ1v) is 12.9. The van der Waals surface area contributed by atoms with E-state index < -0.39 is 52.9 Å². The van der Waals surface area contributed by atoms with Crippen molar-refractivity contribution in [1.82, 2.24) is 0 Å². The molecule has 0 N–H and O–H groups in total. The lowest BCUT2D eigenvalue weighted by Crippen LogP contribution is -2.51. The molecule has 10 heteroatoms. The molecule has 3 aromatic carbocycles. The van der Waals surface area contributed by atoms with Crippen LogP contribution in [0.2, 0.25) is 10.0 Å². The van der Waals surface area contributed by atoms with Crippen LogP contribution in [0.3, 0.4) is 0 Å². The predicted octanol–water partition coefficient (Wildman–Crippen LogP) is 4.87. The molecule has 2 aliphatic heterocycles. The summed E-state index contributed by atoms with van der Waals surface area (Å²) >= 11 is 12.3. The number of carbonyl (C=O) groups excluding carboxylic acids is 5. The van der Waals surface area contributed by atoms with Crippen molar-refractivity contribution in [2.45, 2.75) is 18.6 Å². The molecule has 8 nitrogen and oxygen atoms in total. The number of hydrogen-bond acceptors (Lipinski definition) is 7. The Balaban J connectivity index is 1.48. The largest absolute Gasteiger partial charge is 0.462 e. The molecule has 6 rings (SSSR count). The summed E-state index contributed by atoms with van der Waals surface area (Å²) in [6.07, 6.45) is -1.13. The van der Waals surface area contributed by atoms with Gasteiger partial charge in [-0.3, -0.25) is 19.2 Å². The second kappa shape index (κ2) is 9.12. The number of Topliss-reactive ketones (excluding diaryl/α,β-unsaturated/α-hetero) is 2. The van der Waals surface area contributed by atoms with E-state index in [1.165, 1.54) is 48.5 Å². The fraction of sp³-hybridized carbons (Fsp3) is 0.207. The molecule has 1 spiro atoms. The van der Waals surface area contributed by atoms with Gasteiger partial charge in [-0.05, 0) is 48.9 Å². The van der Waals surface area contributed by atoms with E-state index in [0.29, 0.717) is 5.56 Å². The molecule has 0 unspecified atom stereocenters. The normalized spacial score (nSPS) is 22.9. The topological polar surface area (TPSA) is 107 Å². The molecule has 2 amide bonds. The first-order chi connectivity index (χ1) is 18.7. The van der Waals surface area contributed by atoms with Gasteiger partial charge in [0.15, 0.2) is 0 Å². The van der Waals surface area contributed by atoms with Crippen LogP contribution in [0.1, 0.15) is 49.7 Å². The van der Waals surface area contributed by atoms with Gasteiger partial charge in [0.1, 0.15) is 0 Å². The number of benzene rings is 3. The van der Waals surface area contributed by atoms with E-state index in [2.05, 4.69) is 0 Å². The summed E-state index contributed by atoms with van der Waals surface area (Å²) in [7, 11) is 0. The van der Waals surface area contributed by atoms with Crippen molar-refractivity contribution in [3.05, 3.63) is 99.0 Å². The van der Waals surface area contributed by atoms with Crippen LogP contribution in [0.5, 0.6) is 0 Å². The summed E-state index contributed by atoms with van der Waals surface area (Å²) < 4.78 is 11.2. The van der Waals surface area contributed by atoms with Crippen molar-refractivity contribution in [2.24, 2.45) is 11.8 Å². The Morgan fingerprint density at radius 1 is 0.897 bits per heavy atom. The van der Waals surface area contributed by atoms with Crippen LogP contribution in [-0.4, -0.2) is 41.6 Å². The standard InChI is InChI=1S/C29H19Cl2NO7/c1-2-38-28(37)14-7-10-16(11-8-14)32-26(35)21-22(27(32)36)29(24(33)17-5-3-4-6-18(17)25(29)34)39-23(21)15-9-12-19(30)20(31)13-15/h3-13,21-23H,2H2,1H3/t21-,22+,23+/m0/s1. The fourth-order valence-corrected chi connectivity index (χ4v) is 6.03. The molecule has 3 aliphatic rings. The molecule has 196 valence electrons. The number of imide groups is 1. The van der Waals surface area contributed by atoms with E-state index in [9.17, 15) is 24.0 Å². The lowest BCUT2D eigenvalue weighted by molar-refractivity contribution is -0.127. The van der Waals surface area contributed by atoms with Crippen molar-refractivity contribution in [2.75, 3.05) is 11.5 Å². The third-order valence-corrected chi connectivity index (χ3v) is 8.17. The minimum absolute atomic E-state index is 0.133. The number of nitrogens with zero attached hydrogens (tertiary/aromatic N) is 1. The summed E-state index contributed by atoms with van der Waals surface area (Å²) in [5.74, 6) is -5.87. The van der Waals surface area contributed by atoms with E-state index in [-0.39, 0.29) is 39.0 Å². The van der Waals surface area contributed by atoms with Crippen LogP contribution < -0.4 is 4.90 Å². The predicted molar refractivity (Wildman–Crippen MR) is 140 cm³/mol. The zero-order chi connectivity index (χ0) is 27.6. The molecular formula is C29H19Cl2NO7. The molecule has 0 bridgehead atoms. The van der Waals surface area contributed by atoms with Crippen LogP contribution in [0.15, 0.2) is 66.7 Å². The van der Waals surface area contributed by atoms with Gasteiger partial charge < -0.3 is 9.47 Å². The molecule has 0 aromatic heterocycles. The highest BCUT2D eigenvalue weighted by Crippen LogP contribution is 2.58. The second-order valence-corrected chi connectivity index (χ2v) is 10.2. The number of rotatable bonds is 4. The minimum atomic E-state index is -2.21. The van der Waals surface area contributed by atoms with Gasteiger partial charge in [0.25, 0.3) is 0 Å². The highest BCUT2D eigenvalue weighted by atomic mass is 35.5. The molecule has 0 radical (unpaired) electrons. The Labute approximate surface area is 232 Å². The first-order valence-electron chi connectivity index (χ1n) is 12.2. The number of halogens is 2. The van der Waals surface area contributed by atoms with Crippen LogP contribution >= 0.6 is 23.2 Å². The molecule has 3 atom stereocenters. The van der Waals surface area contributed by atoms with E-state index in [0.717, 1.165) is 4.90 Å². The van der Waals surface area contributed by atoms with Gasteiger partial charge in [-0.1, -0.05) is 53.5 Å². The van der Waals surface area contributed by atoms with Crippen molar-refractivity contribution in [3.8, 4) is 0 Å². The van der Waals surface area contributed by atoms with Gasteiger partial charge >= 0.3 is 5.97 Å². The van der Waals surface area contributed by atoms with E-state index >= 15 is 0 Å². The van der Waals surface area contributed by atoms with Gasteiger partial charge in [0.2, 0.25) is 29.0 Å². The molecule has 0 saturated carbocycles. The number of ether oxygens (including phenoxy) is 2. The SMILES string of the molecule is CCOC(=O)c1ccc(N2C(=O)[C@@H]3[C@@H](c4ccc(Cl)c(Cl)c4)OC4(C(=O)c5ccccc5C4=O)[C@H]3C2=O)cc1. The van der Waals surface area contributed by atoms with Crippen LogP contribution in [0.4, 0.5) is 5.69 Å².